The largest absolute Gasteiger partial charge is 0.464 e. The minimum Gasteiger partial charge on any atom is -0.464 e. The van der Waals surface area contributed by atoms with Gasteiger partial charge >= 0.3 is 5.97 Å². The molecule has 1 rings (SSSR count). The van der Waals surface area contributed by atoms with E-state index in [1.807, 2.05) is 13.8 Å². The van der Waals surface area contributed by atoms with Crippen molar-refractivity contribution in [1.82, 2.24) is 4.90 Å². The molecule has 6 heteroatoms. The quantitative estimate of drug-likeness (QED) is 0.318. The summed E-state index contributed by atoms with van der Waals surface area (Å²) < 4.78 is 10.2. The highest BCUT2D eigenvalue weighted by atomic mass is 16.6. The van der Waals surface area contributed by atoms with Crippen LogP contribution in [0.15, 0.2) is 5.16 Å². The Morgan fingerprint density at radius 2 is 2.00 bits per heavy atom. The summed E-state index contributed by atoms with van der Waals surface area (Å²) in [6.45, 7) is 6.27. The lowest BCUT2D eigenvalue weighted by Crippen LogP contribution is -2.45. The predicted octanol–water partition coefficient (Wildman–Crippen LogP) is 0.274. The number of esters is 1. The number of carbonyl (C=O) groups is 1. The van der Waals surface area contributed by atoms with Crippen LogP contribution in [0.5, 0.6) is 0 Å². The van der Waals surface area contributed by atoms with E-state index in [1.165, 1.54) is 14.2 Å². The summed E-state index contributed by atoms with van der Waals surface area (Å²) in [5, 5.41) is 3.53. The second-order valence-electron chi connectivity index (χ2n) is 4.37. The first-order chi connectivity index (χ1) is 9.06. The lowest BCUT2D eigenvalue weighted by Gasteiger charge is -2.34. The van der Waals surface area contributed by atoms with Crippen LogP contribution in [0.3, 0.4) is 0 Å². The van der Waals surface area contributed by atoms with Gasteiger partial charge in [-0.3, -0.25) is 4.90 Å². The first-order valence-electron chi connectivity index (χ1n) is 6.13. The summed E-state index contributed by atoms with van der Waals surface area (Å²) >= 11 is 0. The highest BCUT2D eigenvalue weighted by molar-refractivity contribution is 6.43. The summed E-state index contributed by atoms with van der Waals surface area (Å²) in [6.07, 6.45) is 0.386. The van der Waals surface area contributed by atoms with Gasteiger partial charge in [-0.15, -0.1) is 0 Å². The third-order valence-corrected chi connectivity index (χ3v) is 2.57. The molecule has 2 unspecified atom stereocenters. The fourth-order valence-electron chi connectivity index (χ4n) is 1.95. The summed E-state index contributed by atoms with van der Waals surface area (Å²) in [7, 11) is 2.64. The molecule has 19 heavy (non-hydrogen) atoms. The second kappa shape index (κ2) is 7.77. The van der Waals surface area contributed by atoms with Gasteiger partial charge in [-0.25, -0.2) is 4.79 Å². The summed E-state index contributed by atoms with van der Waals surface area (Å²) in [5.74, 6) is 4.97. The molecule has 1 fully saturated rings. The molecular formula is C13H20N2O4. The van der Waals surface area contributed by atoms with E-state index in [4.69, 9.17) is 4.74 Å². The van der Waals surface area contributed by atoms with E-state index in [-0.39, 0.29) is 17.9 Å². The van der Waals surface area contributed by atoms with Crippen LogP contribution in [0.1, 0.15) is 13.8 Å². The molecule has 106 valence electrons. The maximum Gasteiger partial charge on any atom is 0.368 e. The van der Waals surface area contributed by atoms with Gasteiger partial charge in [0.1, 0.15) is 7.11 Å². The predicted molar refractivity (Wildman–Crippen MR) is 70.7 cm³/mol. The smallest absolute Gasteiger partial charge is 0.368 e. The average molecular weight is 268 g/mol. The summed E-state index contributed by atoms with van der Waals surface area (Å²) in [5.41, 5.74) is -0.0284. The van der Waals surface area contributed by atoms with E-state index >= 15 is 0 Å². The Bertz CT molecular complexity index is 387. The normalized spacial score (nSPS) is 24.3. The Morgan fingerprint density at radius 1 is 1.37 bits per heavy atom. The van der Waals surface area contributed by atoms with Crippen molar-refractivity contribution in [1.29, 1.82) is 0 Å². The van der Waals surface area contributed by atoms with Gasteiger partial charge < -0.3 is 14.3 Å². The van der Waals surface area contributed by atoms with Crippen LogP contribution >= 0.6 is 0 Å². The van der Waals surface area contributed by atoms with E-state index in [9.17, 15) is 4.79 Å². The van der Waals surface area contributed by atoms with Gasteiger partial charge in [-0.1, -0.05) is 11.1 Å². The highest BCUT2D eigenvalue weighted by Gasteiger charge is 2.21. The van der Waals surface area contributed by atoms with Gasteiger partial charge in [0.05, 0.1) is 25.9 Å². The molecule has 0 aromatic heterocycles. The number of nitrogens with zero attached hydrogens (tertiary/aromatic N) is 2. The van der Waals surface area contributed by atoms with Crippen LogP contribution < -0.4 is 0 Å². The van der Waals surface area contributed by atoms with Crippen molar-refractivity contribution in [2.24, 2.45) is 5.16 Å². The van der Waals surface area contributed by atoms with Crippen molar-refractivity contribution < 1.29 is 19.1 Å². The minimum absolute atomic E-state index is 0.0284. The molecule has 2 atom stereocenters. The number of rotatable bonds is 3. The molecule has 1 aliphatic rings. The van der Waals surface area contributed by atoms with Gasteiger partial charge in [0.15, 0.2) is 0 Å². The third kappa shape index (κ3) is 5.28. The molecule has 6 nitrogen and oxygen atoms in total. The Balaban J connectivity index is 2.57. The van der Waals surface area contributed by atoms with Crippen molar-refractivity contribution in [3.05, 3.63) is 0 Å². The zero-order valence-electron chi connectivity index (χ0n) is 11.8. The number of ether oxygens (including phenoxy) is 2. The van der Waals surface area contributed by atoms with Gasteiger partial charge in [0, 0.05) is 13.1 Å². The molecule has 1 aliphatic heterocycles. The molecule has 1 saturated heterocycles. The van der Waals surface area contributed by atoms with E-state index < -0.39 is 5.97 Å². The summed E-state index contributed by atoms with van der Waals surface area (Å²) in [6, 6.07) is 0. The fraction of sp³-hybridized carbons (Fsp3) is 0.692. The Labute approximate surface area is 113 Å². The zero-order chi connectivity index (χ0) is 14.3. The average Bonchev–Trinajstić information content (AvgIpc) is 2.35. The Hall–Kier alpha value is -1.58. The van der Waals surface area contributed by atoms with Crippen molar-refractivity contribution >= 4 is 11.7 Å². The van der Waals surface area contributed by atoms with Gasteiger partial charge in [0.25, 0.3) is 0 Å². The number of morpholine rings is 1. The fourth-order valence-corrected chi connectivity index (χ4v) is 1.95. The molecule has 0 spiro atoms. The molecule has 0 N–H and O–H groups in total. The molecule has 1 heterocycles. The third-order valence-electron chi connectivity index (χ3n) is 2.57. The van der Waals surface area contributed by atoms with Crippen LogP contribution in [0, 0.1) is 11.8 Å². The van der Waals surface area contributed by atoms with Crippen LogP contribution in [-0.4, -0.2) is 62.6 Å². The lowest BCUT2D eigenvalue weighted by molar-refractivity contribution is -0.132. The molecule has 0 saturated carbocycles. The van der Waals surface area contributed by atoms with Crippen LogP contribution in [0.2, 0.25) is 0 Å². The number of oxime groups is 1. The van der Waals surface area contributed by atoms with Crippen molar-refractivity contribution in [3.8, 4) is 11.8 Å². The molecule has 0 bridgehead atoms. The Morgan fingerprint density at radius 3 is 2.53 bits per heavy atom. The van der Waals surface area contributed by atoms with E-state index in [0.29, 0.717) is 6.54 Å². The Kier molecular flexibility index (Phi) is 6.33. The number of hydrogen-bond acceptors (Lipinski definition) is 6. The molecule has 0 aromatic carbocycles. The number of carbonyl (C=O) groups excluding carboxylic acids is 1. The van der Waals surface area contributed by atoms with Crippen LogP contribution in [-0.2, 0) is 19.1 Å². The topological polar surface area (TPSA) is 60.4 Å². The number of methoxy groups -OCH3 is 1. The first-order valence-corrected chi connectivity index (χ1v) is 6.13. The molecule has 0 radical (unpaired) electrons. The number of hydrogen-bond donors (Lipinski definition) is 0. The van der Waals surface area contributed by atoms with Crippen LogP contribution in [0.4, 0.5) is 0 Å². The maximum atomic E-state index is 11.3. The van der Waals surface area contributed by atoms with Crippen molar-refractivity contribution in [2.75, 3.05) is 33.9 Å². The van der Waals surface area contributed by atoms with E-state index in [2.05, 4.69) is 31.5 Å². The highest BCUT2D eigenvalue weighted by Crippen LogP contribution is 2.09. The molecule has 0 aromatic rings. The monoisotopic (exact) mass is 268 g/mol. The van der Waals surface area contributed by atoms with Gasteiger partial charge in [-0.2, -0.15) is 0 Å². The lowest BCUT2D eigenvalue weighted by atomic mass is 10.2. The van der Waals surface area contributed by atoms with E-state index in [1.54, 1.807) is 0 Å². The van der Waals surface area contributed by atoms with Crippen molar-refractivity contribution in [2.45, 2.75) is 26.1 Å². The SMILES string of the molecule is CO/N=C(/C#CCN1CC(C)OC(C)C1)C(=O)OC. The molecule has 0 amide bonds. The standard InChI is InChI=1S/C13H20N2O4/c1-10-8-15(9-11(2)19-10)7-5-6-12(14-18-4)13(16)17-3/h10-11H,7-9H2,1-4H3/b14-12-. The summed E-state index contributed by atoms with van der Waals surface area (Å²) in [4.78, 5) is 18.0. The van der Waals surface area contributed by atoms with Gasteiger partial charge in [-0.05, 0) is 19.8 Å². The van der Waals surface area contributed by atoms with E-state index in [0.717, 1.165) is 13.1 Å². The molecule has 0 aliphatic carbocycles. The van der Waals surface area contributed by atoms with Crippen LogP contribution in [0.25, 0.3) is 0 Å². The van der Waals surface area contributed by atoms with Gasteiger partial charge in [0.2, 0.25) is 5.71 Å². The first kappa shape index (κ1) is 15.5. The second-order valence-corrected chi connectivity index (χ2v) is 4.37. The molecular weight excluding hydrogens is 248 g/mol. The maximum absolute atomic E-state index is 11.3. The van der Waals surface area contributed by atoms with Crippen molar-refractivity contribution in [3.63, 3.8) is 0 Å². The zero-order valence-corrected chi connectivity index (χ0v) is 11.8. The minimum atomic E-state index is -0.599.